The van der Waals surface area contributed by atoms with Gasteiger partial charge in [0.05, 0.1) is 0 Å². The number of fused-ring (bicyclic) bond motifs is 1. The van der Waals surface area contributed by atoms with Gasteiger partial charge < -0.3 is 4.74 Å². The quantitative estimate of drug-likeness (QED) is 0.745. The van der Waals surface area contributed by atoms with Gasteiger partial charge in [-0.2, -0.15) is 22.8 Å². The Bertz CT molecular complexity index is 780. The van der Waals surface area contributed by atoms with Crippen LogP contribution in [0.5, 0.6) is 5.75 Å². The Balaban J connectivity index is 1.83. The third-order valence-electron chi connectivity index (χ3n) is 2.73. The van der Waals surface area contributed by atoms with Gasteiger partial charge in [-0.3, -0.25) is 0 Å². The Kier molecular flexibility index (Phi) is 3.28. The highest BCUT2D eigenvalue weighted by atomic mass is 32.1. The lowest BCUT2D eigenvalue weighted by Crippen LogP contribution is -2.11. The van der Waals surface area contributed by atoms with Crippen molar-refractivity contribution in [2.75, 3.05) is 0 Å². The Morgan fingerprint density at radius 3 is 2.71 bits per heavy atom. The van der Waals surface area contributed by atoms with E-state index in [-0.39, 0.29) is 11.6 Å². The van der Waals surface area contributed by atoms with Gasteiger partial charge in [-0.05, 0) is 18.6 Å². The summed E-state index contributed by atoms with van der Waals surface area (Å²) >= 11 is 1.01. The maximum atomic E-state index is 12.7. The number of nitrogens with zero attached hydrogens (tertiary/aromatic N) is 4. The van der Waals surface area contributed by atoms with Crippen molar-refractivity contribution in [3.05, 3.63) is 40.7 Å². The number of hydrogen-bond donors (Lipinski definition) is 0. The van der Waals surface area contributed by atoms with Gasteiger partial charge in [0.1, 0.15) is 12.4 Å². The van der Waals surface area contributed by atoms with E-state index in [0.29, 0.717) is 15.3 Å². The Hall–Kier alpha value is -2.16. The van der Waals surface area contributed by atoms with Gasteiger partial charge >= 0.3 is 6.18 Å². The topological polar surface area (TPSA) is 52.3 Å². The second-order valence-electron chi connectivity index (χ2n) is 4.27. The predicted molar refractivity (Wildman–Crippen MR) is 69.2 cm³/mol. The monoisotopic (exact) mass is 314 g/mol. The molecule has 0 amide bonds. The molecule has 0 bridgehead atoms. The molecule has 2 aromatic heterocycles. The largest absolute Gasteiger partial charge is 0.486 e. The second kappa shape index (κ2) is 4.99. The Morgan fingerprint density at radius 1 is 1.24 bits per heavy atom. The summed E-state index contributed by atoms with van der Waals surface area (Å²) in [7, 11) is 0. The minimum Gasteiger partial charge on any atom is -0.486 e. The zero-order chi connectivity index (χ0) is 15.0. The summed E-state index contributed by atoms with van der Waals surface area (Å²) in [5.74, 6) is -0.463. The molecule has 0 saturated heterocycles. The van der Waals surface area contributed by atoms with Crippen LogP contribution in [-0.4, -0.2) is 19.8 Å². The molecule has 5 nitrogen and oxygen atoms in total. The first-order valence-electron chi connectivity index (χ1n) is 5.92. The number of aryl methyl sites for hydroxylation is 1. The summed E-state index contributed by atoms with van der Waals surface area (Å²) in [6.45, 7) is 1.96. The minimum absolute atomic E-state index is 0.0795. The zero-order valence-electron chi connectivity index (χ0n) is 10.8. The van der Waals surface area contributed by atoms with E-state index in [4.69, 9.17) is 4.74 Å². The van der Waals surface area contributed by atoms with Crippen LogP contribution < -0.4 is 4.74 Å². The van der Waals surface area contributed by atoms with Crippen LogP contribution in [0.25, 0.3) is 4.96 Å². The smallest absolute Gasteiger partial charge is 0.453 e. The van der Waals surface area contributed by atoms with Crippen LogP contribution >= 0.6 is 11.3 Å². The van der Waals surface area contributed by atoms with Crippen molar-refractivity contribution < 1.29 is 17.9 Å². The minimum atomic E-state index is -4.58. The lowest BCUT2D eigenvalue weighted by molar-refractivity contribution is -0.146. The predicted octanol–water partition coefficient (Wildman–Crippen LogP) is 3.09. The molecular formula is C12H9F3N4OS. The van der Waals surface area contributed by atoms with Crippen molar-refractivity contribution >= 4 is 16.3 Å². The van der Waals surface area contributed by atoms with E-state index >= 15 is 0 Å². The highest BCUT2D eigenvalue weighted by molar-refractivity contribution is 7.16. The third kappa shape index (κ3) is 2.68. The highest BCUT2D eigenvalue weighted by Gasteiger charge is 2.38. The third-order valence-corrected chi connectivity index (χ3v) is 3.60. The van der Waals surface area contributed by atoms with Gasteiger partial charge in [0, 0.05) is 0 Å². The Labute approximate surface area is 121 Å². The van der Waals surface area contributed by atoms with Crippen molar-refractivity contribution in [2.24, 2.45) is 0 Å². The molecule has 0 unspecified atom stereocenters. The number of para-hydroxylation sites is 1. The lowest BCUT2D eigenvalue weighted by Gasteiger charge is -2.06. The molecule has 3 aromatic rings. The summed E-state index contributed by atoms with van der Waals surface area (Å²) in [6, 6.07) is 7.37. The van der Waals surface area contributed by atoms with Crippen LogP contribution in [-0.2, 0) is 12.8 Å². The van der Waals surface area contributed by atoms with Crippen LogP contribution in [0.4, 0.5) is 13.2 Å². The number of benzene rings is 1. The van der Waals surface area contributed by atoms with E-state index < -0.39 is 12.0 Å². The Morgan fingerprint density at radius 2 is 2.00 bits per heavy atom. The zero-order valence-corrected chi connectivity index (χ0v) is 11.6. The van der Waals surface area contributed by atoms with E-state index in [1.165, 1.54) is 0 Å². The molecule has 9 heteroatoms. The lowest BCUT2D eigenvalue weighted by atomic mass is 10.2. The van der Waals surface area contributed by atoms with Gasteiger partial charge in [-0.1, -0.05) is 29.5 Å². The molecule has 0 aliphatic heterocycles. The standard InChI is InChI=1S/C12H9F3N4OS/c1-7-4-2-3-5-8(7)20-6-9-18-19-10(12(13,14)15)16-17-11(19)21-9/h2-5H,6H2,1H3. The molecule has 21 heavy (non-hydrogen) atoms. The molecule has 2 heterocycles. The normalized spacial score (nSPS) is 12.0. The van der Waals surface area contributed by atoms with Crippen LogP contribution in [0.3, 0.4) is 0 Å². The summed E-state index contributed by atoms with van der Waals surface area (Å²) in [5, 5.41) is 10.8. The van der Waals surface area contributed by atoms with E-state index in [1.54, 1.807) is 6.07 Å². The first-order chi connectivity index (χ1) is 9.95. The van der Waals surface area contributed by atoms with E-state index in [9.17, 15) is 13.2 Å². The first-order valence-corrected chi connectivity index (χ1v) is 6.73. The SMILES string of the molecule is Cc1ccccc1OCc1nn2c(C(F)(F)F)nnc2s1. The number of ether oxygens (including phenoxy) is 1. The fourth-order valence-corrected chi connectivity index (χ4v) is 2.50. The average molecular weight is 314 g/mol. The van der Waals surface area contributed by atoms with E-state index in [1.807, 2.05) is 25.1 Å². The van der Waals surface area contributed by atoms with Crippen molar-refractivity contribution in [3.63, 3.8) is 0 Å². The fraction of sp³-hybridized carbons (Fsp3) is 0.250. The molecule has 110 valence electrons. The highest BCUT2D eigenvalue weighted by Crippen LogP contribution is 2.29. The van der Waals surface area contributed by atoms with Crippen molar-refractivity contribution in [2.45, 2.75) is 19.7 Å². The number of halogens is 3. The van der Waals surface area contributed by atoms with E-state index in [0.717, 1.165) is 16.9 Å². The van der Waals surface area contributed by atoms with Gasteiger partial charge in [-0.15, -0.1) is 10.2 Å². The summed E-state index contributed by atoms with van der Waals surface area (Å²) < 4.78 is 44.3. The average Bonchev–Trinajstić information content (AvgIpc) is 2.96. The fourth-order valence-electron chi connectivity index (χ4n) is 1.75. The number of aromatic nitrogens is 4. The maximum absolute atomic E-state index is 12.7. The van der Waals surface area contributed by atoms with Gasteiger partial charge in [0.2, 0.25) is 4.96 Å². The summed E-state index contributed by atoms with van der Waals surface area (Å²) in [5.41, 5.74) is 0.941. The van der Waals surface area contributed by atoms with Crippen LogP contribution in [0.2, 0.25) is 0 Å². The number of hydrogen-bond acceptors (Lipinski definition) is 5. The van der Waals surface area contributed by atoms with Gasteiger partial charge in [-0.25, -0.2) is 0 Å². The second-order valence-corrected chi connectivity index (χ2v) is 5.31. The van der Waals surface area contributed by atoms with Gasteiger partial charge in [0.15, 0.2) is 5.01 Å². The first kappa shape index (κ1) is 13.8. The molecule has 0 saturated carbocycles. The van der Waals surface area contributed by atoms with Crippen molar-refractivity contribution in [3.8, 4) is 5.75 Å². The van der Waals surface area contributed by atoms with E-state index in [2.05, 4.69) is 15.3 Å². The molecule has 0 N–H and O–H groups in total. The van der Waals surface area contributed by atoms with Gasteiger partial charge in [0.25, 0.3) is 5.82 Å². The molecule has 0 radical (unpaired) electrons. The number of rotatable bonds is 3. The van der Waals surface area contributed by atoms with Crippen molar-refractivity contribution in [1.29, 1.82) is 0 Å². The molecule has 0 aliphatic rings. The molecular weight excluding hydrogens is 305 g/mol. The molecule has 0 atom stereocenters. The van der Waals surface area contributed by atoms with Crippen LogP contribution in [0.1, 0.15) is 16.4 Å². The maximum Gasteiger partial charge on any atom is 0.453 e. The molecule has 0 fully saturated rings. The molecule has 0 spiro atoms. The summed E-state index contributed by atoms with van der Waals surface area (Å²) in [6.07, 6.45) is -4.58. The summed E-state index contributed by atoms with van der Waals surface area (Å²) in [4.78, 5) is 0.0886. The molecule has 3 rings (SSSR count). The van der Waals surface area contributed by atoms with Crippen LogP contribution in [0.15, 0.2) is 24.3 Å². The molecule has 0 aliphatic carbocycles. The van der Waals surface area contributed by atoms with Crippen molar-refractivity contribution in [1.82, 2.24) is 19.8 Å². The molecule has 1 aromatic carbocycles. The number of alkyl halides is 3. The van der Waals surface area contributed by atoms with Crippen LogP contribution in [0, 0.1) is 6.92 Å².